The summed E-state index contributed by atoms with van der Waals surface area (Å²) in [5, 5.41) is 8.48. The van der Waals surface area contributed by atoms with Gasteiger partial charge in [0.1, 0.15) is 0 Å². The summed E-state index contributed by atoms with van der Waals surface area (Å²) in [6.07, 6.45) is 11.7. The SMILES string of the molecule is CCCC[Si](CCCC)(CCCC)CCCCOC(=O)/C=C/C(=O)O. The predicted molar refractivity (Wildman–Crippen MR) is 107 cm³/mol. The Balaban J connectivity index is 4.38. The molecule has 0 rings (SSSR count). The van der Waals surface area contributed by atoms with E-state index in [1.165, 1.54) is 62.7 Å². The zero-order valence-electron chi connectivity index (χ0n) is 16.5. The number of rotatable bonds is 16. The summed E-state index contributed by atoms with van der Waals surface area (Å²) in [7, 11) is -1.20. The van der Waals surface area contributed by atoms with E-state index in [0.717, 1.165) is 25.0 Å². The second-order valence-corrected chi connectivity index (χ2v) is 12.1. The summed E-state index contributed by atoms with van der Waals surface area (Å²) < 4.78 is 5.08. The van der Waals surface area contributed by atoms with Crippen molar-refractivity contribution in [2.75, 3.05) is 6.61 Å². The quantitative estimate of drug-likeness (QED) is 0.161. The molecule has 0 aromatic rings. The third-order valence-corrected chi connectivity index (χ3v) is 10.5. The molecule has 0 saturated heterocycles. The van der Waals surface area contributed by atoms with Gasteiger partial charge in [0.15, 0.2) is 0 Å². The van der Waals surface area contributed by atoms with Crippen LogP contribution in [0.1, 0.15) is 72.1 Å². The molecule has 4 nitrogen and oxygen atoms in total. The topological polar surface area (TPSA) is 63.6 Å². The Morgan fingerprint density at radius 2 is 1.28 bits per heavy atom. The van der Waals surface area contributed by atoms with E-state index in [-0.39, 0.29) is 0 Å². The number of aliphatic carboxylic acids is 1. The molecule has 0 aliphatic carbocycles. The molecule has 0 radical (unpaired) electrons. The molecule has 0 unspecified atom stereocenters. The van der Waals surface area contributed by atoms with E-state index in [1.807, 2.05) is 0 Å². The second-order valence-electron chi connectivity index (χ2n) is 7.11. The van der Waals surface area contributed by atoms with E-state index < -0.39 is 20.0 Å². The van der Waals surface area contributed by atoms with Gasteiger partial charge in [0, 0.05) is 12.2 Å². The van der Waals surface area contributed by atoms with Crippen LogP contribution in [-0.4, -0.2) is 31.7 Å². The standard InChI is InChI=1S/C20H38O4Si/c1-4-7-15-25(16-8-5-2,17-9-6-3)18-11-10-14-24-20(23)13-12-19(21)22/h12-13H,4-11,14-18H2,1-3H3,(H,21,22)/b13-12+. The van der Waals surface area contributed by atoms with Gasteiger partial charge in [-0.05, 0) is 6.42 Å². The van der Waals surface area contributed by atoms with Crippen LogP contribution in [0.4, 0.5) is 0 Å². The third kappa shape index (κ3) is 12.8. The number of carboxylic acids is 1. The highest BCUT2D eigenvalue weighted by Crippen LogP contribution is 2.33. The van der Waals surface area contributed by atoms with E-state index in [1.54, 1.807) is 0 Å². The first-order valence-corrected chi connectivity index (χ1v) is 12.9. The molecular weight excluding hydrogens is 332 g/mol. The minimum absolute atomic E-state index is 0.391. The minimum Gasteiger partial charge on any atom is -0.478 e. The second kappa shape index (κ2) is 15.2. The maximum Gasteiger partial charge on any atom is 0.331 e. The van der Waals surface area contributed by atoms with Gasteiger partial charge in [-0.25, -0.2) is 9.59 Å². The van der Waals surface area contributed by atoms with Crippen LogP contribution in [0.2, 0.25) is 24.2 Å². The summed E-state index contributed by atoms with van der Waals surface area (Å²) in [5.41, 5.74) is 0. The molecule has 25 heavy (non-hydrogen) atoms. The Morgan fingerprint density at radius 1 is 0.800 bits per heavy atom. The molecule has 0 aliphatic rings. The lowest BCUT2D eigenvalue weighted by Crippen LogP contribution is -2.33. The van der Waals surface area contributed by atoms with Crippen LogP contribution in [0.25, 0.3) is 0 Å². The first kappa shape index (κ1) is 23.9. The van der Waals surface area contributed by atoms with Crippen LogP contribution < -0.4 is 0 Å². The fraction of sp³-hybridized carbons (Fsp3) is 0.800. The van der Waals surface area contributed by atoms with Crippen LogP contribution in [-0.2, 0) is 14.3 Å². The molecule has 0 aliphatic heterocycles. The van der Waals surface area contributed by atoms with Gasteiger partial charge in [-0.1, -0.05) is 89.9 Å². The number of hydrogen-bond acceptors (Lipinski definition) is 3. The molecule has 0 heterocycles. The molecular formula is C20H38O4Si. The number of unbranched alkanes of at least 4 members (excludes halogenated alkanes) is 4. The maximum atomic E-state index is 11.4. The van der Waals surface area contributed by atoms with Gasteiger partial charge in [0.25, 0.3) is 0 Å². The lowest BCUT2D eigenvalue weighted by Gasteiger charge is -2.32. The van der Waals surface area contributed by atoms with E-state index in [0.29, 0.717) is 6.61 Å². The van der Waals surface area contributed by atoms with Gasteiger partial charge in [0.2, 0.25) is 0 Å². The largest absolute Gasteiger partial charge is 0.478 e. The number of hydrogen-bond donors (Lipinski definition) is 1. The fourth-order valence-electron chi connectivity index (χ4n) is 3.37. The third-order valence-electron chi connectivity index (χ3n) is 4.89. The predicted octanol–water partition coefficient (Wildman–Crippen LogP) is 5.80. The number of carbonyl (C=O) groups is 2. The highest BCUT2D eigenvalue weighted by molar-refractivity contribution is 6.79. The number of esters is 1. The zero-order valence-corrected chi connectivity index (χ0v) is 17.5. The first-order valence-electron chi connectivity index (χ1n) is 10.1. The zero-order chi connectivity index (χ0) is 19.0. The van der Waals surface area contributed by atoms with Crippen molar-refractivity contribution in [1.82, 2.24) is 0 Å². The van der Waals surface area contributed by atoms with E-state index >= 15 is 0 Å². The van der Waals surface area contributed by atoms with Crippen molar-refractivity contribution in [3.63, 3.8) is 0 Å². The summed E-state index contributed by atoms with van der Waals surface area (Å²) in [4.78, 5) is 21.7. The van der Waals surface area contributed by atoms with Crippen LogP contribution >= 0.6 is 0 Å². The summed E-state index contributed by atoms with van der Waals surface area (Å²) >= 11 is 0. The molecule has 146 valence electrons. The Labute approximate surface area is 155 Å². The van der Waals surface area contributed by atoms with Crippen molar-refractivity contribution in [2.45, 2.75) is 96.3 Å². The van der Waals surface area contributed by atoms with Crippen LogP contribution in [0.5, 0.6) is 0 Å². The lowest BCUT2D eigenvalue weighted by molar-refractivity contribution is -0.138. The molecule has 0 aromatic heterocycles. The number of ether oxygens (including phenoxy) is 1. The molecule has 0 spiro atoms. The number of carbonyl (C=O) groups excluding carboxylic acids is 1. The monoisotopic (exact) mass is 370 g/mol. The summed E-state index contributed by atoms with van der Waals surface area (Å²) in [5.74, 6) is -1.69. The van der Waals surface area contributed by atoms with Crippen molar-refractivity contribution in [1.29, 1.82) is 0 Å². The Bertz CT molecular complexity index is 371. The van der Waals surface area contributed by atoms with Crippen molar-refractivity contribution < 1.29 is 19.4 Å². The Kier molecular flexibility index (Phi) is 14.5. The maximum absolute atomic E-state index is 11.4. The molecule has 0 atom stereocenters. The van der Waals surface area contributed by atoms with Gasteiger partial charge >= 0.3 is 11.9 Å². The minimum atomic E-state index is -1.20. The molecule has 1 N–H and O–H groups in total. The molecule has 5 heteroatoms. The Morgan fingerprint density at radius 3 is 1.72 bits per heavy atom. The average Bonchev–Trinajstić information content (AvgIpc) is 2.60. The molecule has 0 amide bonds. The summed E-state index contributed by atoms with van der Waals surface area (Å²) in [6, 6.07) is 5.69. The van der Waals surface area contributed by atoms with Crippen molar-refractivity contribution >= 4 is 20.0 Å². The highest BCUT2D eigenvalue weighted by Gasteiger charge is 2.30. The van der Waals surface area contributed by atoms with Crippen molar-refractivity contribution in [3.05, 3.63) is 12.2 Å². The van der Waals surface area contributed by atoms with E-state index in [9.17, 15) is 9.59 Å². The van der Waals surface area contributed by atoms with Crippen LogP contribution in [0, 0.1) is 0 Å². The van der Waals surface area contributed by atoms with E-state index in [4.69, 9.17) is 9.84 Å². The van der Waals surface area contributed by atoms with Crippen LogP contribution in [0.15, 0.2) is 12.2 Å². The summed E-state index contributed by atoms with van der Waals surface area (Å²) in [6.45, 7) is 7.23. The molecule has 0 aromatic carbocycles. The molecule has 0 fully saturated rings. The van der Waals surface area contributed by atoms with Crippen LogP contribution in [0.3, 0.4) is 0 Å². The smallest absolute Gasteiger partial charge is 0.331 e. The molecule has 0 saturated carbocycles. The first-order chi connectivity index (χ1) is 12.0. The fourth-order valence-corrected chi connectivity index (χ4v) is 9.18. The number of carboxylic acid groups (broad SMARTS) is 1. The van der Waals surface area contributed by atoms with Gasteiger partial charge in [-0.15, -0.1) is 0 Å². The normalized spacial score (nSPS) is 11.8. The van der Waals surface area contributed by atoms with E-state index in [2.05, 4.69) is 20.8 Å². The van der Waals surface area contributed by atoms with Crippen molar-refractivity contribution in [3.8, 4) is 0 Å². The van der Waals surface area contributed by atoms with Gasteiger partial charge in [-0.2, -0.15) is 0 Å². The highest BCUT2D eigenvalue weighted by atomic mass is 28.3. The molecule has 0 bridgehead atoms. The van der Waals surface area contributed by atoms with Gasteiger partial charge in [-0.3, -0.25) is 0 Å². The van der Waals surface area contributed by atoms with Gasteiger partial charge < -0.3 is 9.84 Å². The van der Waals surface area contributed by atoms with Gasteiger partial charge in [0.05, 0.1) is 14.7 Å². The van der Waals surface area contributed by atoms with Crippen molar-refractivity contribution in [2.24, 2.45) is 0 Å². The lowest BCUT2D eigenvalue weighted by atomic mass is 10.3. The Hall–Kier alpha value is -1.10. The average molecular weight is 371 g/mol.